The predicted molar refractivity (Wildman–Crippen MR) is 116 cm³/mol. The summed E-state index contributed by atoms with van der Waals surface area (Å²) < 4.78 is 8.04. The number of alkyl halides is 1. The molecule has 3 aromatic rings. The van der Waals surface area contributed by atoms with Gasteiger partial charge in [0.1, 0.15) is 0 Å². The summed E-state index contributed by atoms with van der Waals surface area (Å²) in [5.74, 6) is 0.548. The Morgan fingerprint density at radius 2 is 2.16 bits per heavy atom. The molecule has 3 N–H and O–H groups in total. The van der Waals surface area contributed by atoms with E-state index in [0.717, 1.165) is 25.3 Å². The summed E-state index contributed by atoms with van der Waals surface area (Å²) in [7, 11) is 0. The van der Waals surface area contributed by atoms with Gasteiger partial charge in [-0.05, 0) is 6.08 Å². The van der Waals surface area contributed by atoms with Crippen molar-refractivity contribution in [3.8, 4) is 0 Å². The summed E-state index contributed by atoms with van der Waals surface area (Å²) in [6.45, 7) is 5.12. The molecule has 162 valence electrons. The van der Waals surface area contributed by atoms with Crippen LogP contribution in [0.3, 0.4) is 0 Å². The van der Waals surface area contributed by atoms with Crippen LogP contribution >= 0.6 is 11.6 Å². The Balaban J connectivity index is 1.44. The van der Waals surface area contributed by atoms with Crippen molar-refractivity contribution in [2.45, 2.75) is 10.3 Å². The van der Waals surface area contributed by atoms with Crippen LogP contribution in [0.2, 0.25) is 5.02 Å². The van der Waals surface area contributed by atoms with Gasteiger partial charge in [0.15, 0.2) is 0 Å². The standard InChI is InChI=1S/C20H20ClIN7O2/c1-2-18(30)25-14-4-3-5-15(8-14)26-19-17(21)10-23-20(28-19)27-16-9-24-29(11-16)22-13-6-7-31-12-13/h2-5,8-11,13H,1,6-7,12H2,(H,25,30)(H2,23,26,27,28)/q-1. The molecular formula is C20H20ClIN7O2-. The fourth-order valence-electron chi connectivity index (χ4n) is 2.79. The van der Waals surface area contributed by atoms with Crippen LogP contribution in [-0.2, 0) is 9.53 Å². The molecule has 31 heavy (non-hydrogen) atoms. The zero-order valence-electron chi connectivity index (χ0n) is 16.4. The molecule has 0 bridgehead atoms. The second-order valence-electron chi connectivity index (χ2n) is 6.59. The normalized spacial score (nSPS) is 15.6. The van der Waals surface area contributed by atoms with Gasteiger partial charge in [-0.2, -0.15) is 0 Å². The summed E-state index contributed by atoms with van der Waals surface area (Å²) in [4.78, 5) is 20.2. The van der Waals surface area contributed by atoms with Crippen molar-refractivity contribution in [2.24, 2.45) is 0 Å². The second-order valence-corrected chi connectivity index (χ2v) is 10.3. The van der Waals surface area contributed by atoms with Crippen LogP contribution in [0.5, 0.6) is 0 Å². The summed E-state index contributed by atoms with van der Waals surface area (Å²) in [6.07, 6.45) is 7.55. The van der Waals surface area contributed by atoms with E-state index in [2.05, 4.69) is 37.6 Å². The molecule has 1 aliphatic heterocycles. The van der Waals surface area contributed by atoms with Crippen molar-refractivity contribution in [2.75, 3.05) is 29.2 Å². The first kappa shape index (κ1) is 21.5. The summed E-state index contributed by atoms with van der Waals surface area (Å²) in [5, 5.41) is 13.8. The van der Waals surface area contributed by atoms with Crippen LogP contribution in [0.15, 0.2) is 55.5 Å². The molecule has 1 fully saturated rings. The van der Waals surface area contributed by atoms with E-state index in [1.54, 1.807) is 18.3 Å². The van der Waals surface area contributed by atoms with Crippen molar-refractivity contribution < 1.29 is 31.0 Å². The summed E-state index contributed by atoms with van der Waals surface area (Å²) >= 11 is 6.01. The van der Waals surface area contributed by atoms with Gasteiger partial charge in [0.2, 0.25) is 5.91 Å². The number of hydrogen-bond donors (Lipinski definition) is 3. The number of aromatic nitrogens is 4. The number of carbonyl (C=O) groups is 1. The number of nitrogens with zero attached hydrogens (tertiary/aromatic N) is 4. The first-order valence-corrected chi connectivity index (χ1v) is 12.0. The molecule has 1 atom stereocenters. The molecule has 11 heteroatoms. The van der Waals surface area contributed by atoms with E-state index >= 15 is 0 Å². The van der Waals surface area contributed by atoms with Gasteiger partial charge >= 0.3 is 172 Å². The fourth-order valence-corrected chi connectivity index (χ4v) is 5.41. The fraction of sp³-hybridized carbons (Fsp3) is 0.200. The number of benzene rings is 1. The number of nitrogens with one attached hydrogen (secondary N) is 3. The van der Waals surface area contributed by atoms with Gasteiger partial charge in [0, 0.05) is 0 Å². The van der Waals surface area contributed by atoms with Gasteiger partial charge < -0.3 is 0 Å². The number of hydrogen-bond acceptors (Lipinski definition) is 7. The van der Waals surface area contributed by atoms with Crippen LogP contribution in [0.25, 0.3) is 0 Å². The third-order valence-corrected chi connectivity index (χ3v) is 7.39. The molecule has 4 rings (SSSR count). The van der Waals surface area contributed by atoms with Crippen LogP contribution < -0.4 is 37.4 Å². The second kappa shape index (κ2) is 10.1. The van der Waals surface area contributed by atoms with Crippen molar-refractivity contribution in [3.05, 3.63) is 60.5 Å². The first-order valence-electron chi connectivity index (χ1n) is 9.45. The zero-order valence-corrected chi connectivity index (χ0v) is 19.3. The van der Waals surface area contributed by atoms with E-state index in [4.69, 9.17) is 16.3 Å². The minimum atomic E-state index is -0.285. The van der Waals surface area contributed by atoms with Crippen LogP contribution in [0.4, 0.5) is 28.8 Å². The number of carbonyl (C=O) groups excluding carboxylic acids is 1. The predicted octanol–water partition coefficient (Wildman–Crippen LogP) is 0.579. The van der Waals surface area contributed by atoms with Gasteiger partial charge in [-0.25, -0.2) is 0 Å². The Bertz CT molecular complexity index is 1080. The molecule has 9 nitrogen and oxygen atoms in total. The van der Waals surface area contributed by atoms with Crippen molar-refractivity contribution in [1.29, 1.82) is 0 Å². The molecule has 1 amide bonds. The van der Waals surface area contributed by atoms with Gasteiger partial charge in [-0.1, -0.05) is 6.58 Å². The van der Waals surface area contributed by atoms with Gasteiger partial charge in [-0.3, -0.25) is 4.79 Å². The molecule has 1 aliphatic rings. The van der Waals surface area contributed by atoms with E-state index in [1.807, 2.05) is 21.2 Å². The summed E-state index contributed by atoms with van der Waals surface area (Å²) in [6, 6.07) is 7.20. The third-order valence-electron chi connectivity index (χ3n) is 4.24. The molecule has 0 spiro atoms. The molecule has 0 saturated carbocycles. The van der Waals surface area contributed by atoms with Crippen LogP contribution in [-0.4, -0.2) is 41.0 Å². The Morgan fingerprint density at radius 3 is 2.97 bits per heavy atom. The molecule has 3 heterocycles. The molecule has 1 saturated heterocycles. The van der Waals surface area contributed by atoms with Crippen molar-refractivity contribution >= 4 is 46.3 Å². The van der Waals surface area contributed by atoms with Crippen molar-refractivity contribution in [1.82, 2.24) is 18.0 Å². The Morgan fingerprint density at radius 1 is 1.29 bits per heavy atom. The summed E-state index contributed by atoms with van der Waals surface area (Å²) in [5.41, 5.74) is 2.15. The Hall–Kier alpha value is -2.70. The minimum absolute atomic E-state index is 0.259. The molecule has 1 unspecified atom stereocenters. The molecule has 0 radical (unpaired) electrons. The third kappa shape index (κ3) is 5.93. The maximum absolute atomic E-state index is 11.5. The van der Waals surface area contributed by atoms with E-state index in [-0.39, 0.29) is 27.4 Å². The van der Waals surface area contributed by atoms with Gasteiger partial charge in [0.25, 0.3) is 0 Å². The van der Waals surface area contributed by atoms with E-state index in [1.165, 1.54) is 12.3 Å². The van der Waals surface area contributed by atoms with Gasteiger partial charge in [0.05, 0.1) is 0 Å². The van der Waals surface area contributed by atoms with E-state index in [9.17, 15) is 4.79 Å². The van der Waals surface area contributed by atoms with E-state index in [0.29, 0.717) is 32.1 Å². The van der Waals surface area contributed by atoms with Crippen LogP contribution in [0.1, 0.15) is 6.42 Å². The number of ether oxygens (including phenoxy) is 1. The van der Waals surface area contributed by atoms with Gasteiger partial charge in [-0.15, -0.1) is 0 Å². The molecule has 2 aromatic heterocycles. The SMILES string of the molecule is C=CC(=O)Nc1cccc(Nc2nc(Nc3cnn([I-]C4CCOC4)c3)ncc2Cl)c1. The number of amides is 1. The topological polar surface area (TPSA) is 106 Å². The number of rotatable bonds is 8. The molecular weight excluding hydrogens is 533 g/mol. The number of halogens is 2. The molecule has 1 aromatic carbocycles. The average Bonchev–Trinajstić information content (AvgIpc) is 3.43. The average molecular weight is 553 g/mol. The maximum atomic E-state index is 11.5. The Kier molecular flexibility index (Phi) is 6.99. The van der Waals surface area contributed by atoms with Crippen molar-refractivity contribution in [3.63, 3.8) is 0 Å². The monoisotopic (exact) mass is 552 g/mol. The molecule has 0 aliphatic carbocycles. The van der Waals surface area contributed by atoms with E-state index < -0.39 is 0 Å². The quantitative estimate of drug-likeness (QED) is 0.213. The first-order chi connectivity index (χ1) is 15.1. The Labute approximate surface area is 194 Å². The zero-order chi connectivity index (χ0) is 21.6. The number of anilines is 5. The van der Waals surface area contributed by atoms with Crippen LogP contribution in [0, 0.1) is 0 Å².